The van der Waals surface area contributed by atoms with Gasteiger partial charge in [-0.25, -0.2) is 0 Å². The van der Waals surface area contributed by atoms with Gasteiger partial charge >= 0.3 is 0 Å². The van der Waals surface area contributed by atoms with E-state index in [2.05, 4.69) is 19.2 Å². The number of Topliss-reactive ketones (excluding diaryl/α,β-unsaturated/α-hetero) is 1. The van der Waals surface area contributed by atoms with Gasteiger partial charge in [-0.05, 0) is 26.7 Å². The molecule has 0 bridgehead atoms. The summed E-state index contributed by atoms with van der Waals surface area (Å²) in [5.41, 5.74) is 0.0373. The van der Waals surface area contributed by atoms with Crippen molar-refractivity contribution in [3.8, 4) is 0 Å². The summed E-state index contributed by atoms with van der Waals surface area (Å²) in [6, 6.07) is 0.477. The Morgan fingerprint density at radius 3 is 2.77 bits per heavy atom. The van der Waals surface area contributed by atoms with Crippen molar-refractivity contribution in [2.45, 2.75) is 57.5 Å². The van der Waals surface area contributed by atoms with Gasteiger partial charge in [-0.2, -0.15) is 0 Å². The number of ketones is 1. The molecular weight excluding hydrogens is 162 g/mol. The van der Waals surface area contributed by atoms with E-state index >= 15 is 0 Å². The van der Waals surface area contributed by atoms with Gasteiger partial charge in [0.05, 0.1) is 0 Å². The summed E-state index contributed by atoms with van der Waals surface area (Å²) in [6.45, 7) is 4.27. The maximum Gasteiger partial charge on any atom is 0.139 e. The molecule has 2 nitrogen and oxygen atoms in total. The first kappa shape index (κ1) is 9.20. The zero-order chi connectivity index (χ0) is 9.47. The lowest BCUT2D eigenvalue weighted by molar-refractivity contribution is -0.129. The third-order valence-corrected chi connectivity index (χ3v) is 3.37. The fourth-order valence-corrected chi connectivity index (χ4v) is 2.81. The van der Waals surface area contributed by atoms with Gasteiger partial charge in [0.2, 0.25) is 0 Å². The lowest BCUT2D eigenvalue weighted by atomic mass is 9.74. The van der Waals surface area contributed by atoms with Crippen molar-refractivity contribution in [3.05, 3.63) is 0 Å². The zero-order valence-electron chi connectivity index (χ0n) is 8.60. The van der Waals surface area contributed by atoms with Crippen LogP contribution in [0.2, 0.25) is 0 Å². The molecule has 2 aliphatic rings. The number of hydrogen-bond acceptors (Lipinski definition) is 2. The van der Waals surface area contributed by atoms with Crippen LogP contribution in [0.15, 0.2) is 0 Å². The van der Waals surface area contributed by atoms with Crippen molar-refractivity contribution in [3.63, 3.8) is 0 Å². The minimum atomic E-state index is 0.0373. The van der Waals surface area contributed by atoms with Crippen molar-refractivity contribution in [1.29, 1.82) is 0 Å². The van der Waals surface area contributed by atoms with Crippen LogP contribution < -0.4 is 5.32 Å². The highest BCUT2D eigenvalue weighted by atomic mass is 16.1. The first-order chi connectivity index (χ1) is 6.08. The van der Waals surface area contributed by atoms with Gasteiger partial charge in [-0.15, -0.1) is 0 Å². The Morgan fingerprint density at radius 1 is 1.31 bits per heavy atom. The monoisotopic (exact) mass is 181 g/mol. The smallest absolute Gasteiger partial charge is 0.139 e. The Labute approximate surface area is 80.1 Å². The molecule has 1 heterocycles. The summed E-state index contributed by atoms with van der Waals surface area (Å²) in [7, 11) is 0. The molecule has 0 radical (unpaired) electrons. The molecule has 1 aliphatic heterocycles. The highest BCUT2D eigenvalue weighted by Crippen LogP contribution is 2.33. The van der Waals surface area contributed by atoms with Crippen LogP contribution in [0.3, 0.4) is 0 Å². The van der Waals surface area contributed by atoms with Gasteiger partial charge < -0.3 is 5.32 Å². The number of nitrogens with one attached hydrogen (secondary N) is 1. The number of fused-ring (bicyclic) bond motifs is 1. The SMILES string of the molecule is CC1(C)CC(=O)C2CCCCC2N1. The van der Waals surface area contributed by atoms with E-state index in [9.17, 15) is 4.79 Å². The van der Waals surface area contributed by atoms with E-state index in [0.717, 1.165) is 6.42 Å². The van der Waals surface area contributed by atoms with E-state index in [-0.39, 0.29) is 5.54 Å². The van der Waals surface area contributed by atoms with E-state index in [1.165, 1.54) is 19.3 Å². The quantitative estimate of drug-likeness (QED) is 0.618. The number of carbonyl (C=O) groups excluding carboxylic acids is 1. The first-order valence-electron chi connectivity index (χ1n) is 5.39. The predicted molar refractivity (Wildman–Crippen MR) is 52.6 cm³/mol. The average Bonchev–Trinajstić information content (AvgIpc) is 2.02. The van der Waals surface area contributed by atoms with Crippen molar-refractivity contribution in [1.82, 2.24) is 5.32 Å². The van der Waals surface area contributed by atoms with Crippen molar-refractivity contribution >= 4 is 5.78 Å². The summed E-state index contributed by atoms with van der Waals surface area (Å²) < 4.78 is 0. The van der Waals surface area contributed by atoms with E-state index < -0.39 is 0 Å². The molecule has 0 aromatic carbocycles. The Kier molecular flexibility index (Phi) is 2.18. The lowest BCUT2D eigenvalue weighted by Gasteiger charge is -2.43. The molecule has 1 aliphatic carbocycles. The molecule has 0 aromatic heterocycles. The molecule has 74 valence electrons. The van der Waals surface area contributed by atoms with E-state index in [1.54, 1.807) is 0 Å². The third kappa shape index (κ3) is 1.78. The van der Waals surface area contributed by atoms with Gasteiger partial charge in [-0.3, -0.25) is 4.79 Å². The molecule has 2 fully saturated rings. The minimum Gasteiger partial charge on any atom is -0.308 e. The molecular formula is C11H19NO. The number of rotatable bonds is 0. The van der Waals surface area contributed by atoms with Gasteiger partial charge in [0, 0.05) is 23.9 Å². The molecule has 1 saturated heterocycles. The highest BCUT2D eigenvalue weighted by molar-refractivity contribution is 5.83. The predicted octanol–water partition coefficient (Wildman–Crippen LogP) is 1.89. The van der Waals surface area contributed by atoms with Gasteiger partial charge in [-0.1, -0.05) is 12.8 Å². The molecule has 0 aromatic rings. The fraction of sp³-hybridized carbons (Fsp3) is 0.909. The second-order valence-electron chi connectivity index (χ2n) is 5.17. The van der Waals surface area contributed by atoms with Crippen LogP contribution in [0.5, 0.6) is 0 Å². The Hall–Kier alpha value is -0.370. The molecule has 1 saturated carbocycles. The molecule has 0 spiro atoms. The van der Waals surface area contributed by atoms with E-state index in [1.807, 2.05) is 0 Å². The van der Waals surface area contributed by atoms with Gasteiger partial charge in [0.1, 0.15) is 5.78 Å². The molecule has 1 N–H and O–H groups in total. The highest BCUT2D eigenvalue weighted by Gasteiger charge is 2.40. The maximum atomic E-state index is 11.8. The van der Waals surface area contributed by atoms with Crippen molar-refractivity contribution < 1.29 is 4.79 Å². The van der Waals surface area contributed by atoms with E-state index in [4.69, 9.17) is 0 Å². The molecule has 2 heteroatoms. The molecule has 2 unspecified atom stereocenters. The van der Waals surface area contributed by atoms with Crippen LogP contribution in [0.1, 0.15) is 46.0 Å². The summed E-state index contributed by atoms with van der Waals surface area (Å²) in [6.07, 6.45) is 5.56. The van der Waals surface area contributed by atoms with Crippen LogP contribution in [0.25, 0.3) is 0 Å². The van der Waals surface area contributed by atoms with Crippen LogP contribution in [-0.2, 0) is 4.79 Å². The second kappa shape index (κ2) is 3.09. The zero-order valence-corrected chi connectivity index (χ0v) is 8.60. The number of hydrogen-bond donors (Lipinski definition) is 1. The van der Waals surface area contributed by atoms with Crippen LogP contribution in [0, 0.1) is 5.92 Å². The van der Waals surface area contributed by atoms with Crippen LogP contribution in [0.4, 0.5) is 0 Å². The summed E-state index contributed by atoms with van der Waals surface area (Å²) in [5.74, 6) is 0.829. The topological polar surface area (TPSA) is 29.1 Å². The second-order valence-corrected chi connectivity index (χ2v) is 5.17. The van der Waals surface area contributed by atoms with Crippen molar-refractivity contribution in [2.24, 2.45) is 5.92 Å². The van der Waals surface area contributed by atoms with Crippen LogP contribution >= 0.6 is 0 Å². The van der Waals surface area contributed by atoms with Crippen LogP contribution in [-0.4, -0.2) is 17.4 Å². The molecule has 2 rings (SSSR count). The largest absolute Gasteiger partial charge is 0.308 e. The lowest BCUT2D eigenvalue weighted by Crippen LogP contribution is -2.58. The molecule has 13 heavy (non-hydrogen) atoms. The van der Waals surface area contributed by atoms with E-state index in [0.29, 0.717) is 24.2 Å². The summed E-state index contributed by atoms with van der Waals surface area (Å²) in [4.78, 5) is 11.8. The normalized spacial score (nSPS) is 38.5. The average molecular weight is 181 g/mol. The van der Waals surface area contributed by atoms with Crippen molar-refractivity contribution in [2.75, 3.05) is 0 Å². The van der Waals surface area contributed by atoms with Gasteiger partial charge in [0.25, 0.3) is 0 Å². The Balaban J connectivity index is 2.12. The summed E-state index contributed by atoms with van der Waals surface area (Å²) >= 11 is 0. The fourth-order valence-electron chi connectivity index (χ4n) is 2.81. The molecule has 0 amide bonds. The summed E-state index contributed by atoms with van der Waals surface area (Å²) in [5, 5.41) is 3.60. The maximum absolute atomic E-state index is 11.8. The Morgan fingerprint density at radius 2 is 2.00 bits per heavy atom. The number of carbonyl (C=O) groups is 1. The number of piperidine rings is 1. The third-order valence-electron chi connectivity index (χ3n) is 3.37. The Bertz CT molecular complexity index is 222. The van der Waals surface area contributed by atoms with Gasteiger partial charge in [0.15, 0.2) is 0 Å². The standard InChI is InChI=1S/C11H19NO/c1-11(2)7-10(13)8-5-3-4-6-9(8)12-11/h8-9,12H,3-7H2,1-2H3. The molecule has 2 atom stereocenters. The first-order valence-corrected chi connectivity index (χ1v) is 5.39. The minimum absolute atomic E-state index is 0.0373.